The third-order valence-electron chi connectivity index (χ3n) is 1.69. The highest BCUT2D eigenvalue weighted by atomic mass is 35.5. The van der Waals surface area contributed by atoms with Gasteiger partial charge in [0.25, 0.3) is 0 Å². The van der Waals surface area contributed by atoms with Crippen molar-refractivity contribution in [2.24, 2.45) is 5.73 Å². The molecule has 0 amide bonds. The number of hydrogen-bond acceptors (Lipinski definition) is 2. The van der Waals surface area contributed by atoms with Crippen LogP contribution in [0.3, 0.4) is 0 Å². The van der Waals surface area contributed by atoms with Crippen molar-refractivity contribution in [2.45, 2.75) is 13.0 Å². The molecule has 0 saturated carbocycles. The summed E-state index contributed by atoms with van der Waals surface area (Å²) in [7, 11) is 1.61. The third kappa shape index (κ3) is 2.76. The first-order valence-corrected chi connectivity index (χ1v) is 4.12. The van der Waals surface area contributed by atoms with Gasteiger partial charge < -0.3 is 10.5 Å². The lowest BCUT2D eigenvalue weighted by Gasteiger charge is -2.12. The highest BCUT2D eigenvalue weighted by Crippen LogP contribution is 2.30. The van der Waals surface area contributed by atoms with Gasteiger partial charge in [-0.05, 0) is 19.1 Å². The zero-order chi connectivity index (χ0) is 9.14. The van der Waals surface area contributed by atoms with E-state index >= 15 is 0 Å². The fourth-order valence-electron chi connectivity index (χ4n) is 1.14. The standard InChI is InChI=1S/C9H12ClNO.ClH/c1-6(11)9-7(10)4-3-5-8(9)12-2;/h3-6H,11H2,1-2H3;1H. The van der Waals surface area contributed by atoms with Gasteiger partial charge in [0.05, 0.1) is 7.11 Å². The number of methoxy groups -OCH3 is 1. The highest BCUT2D eigenvalue weighted by Gasteiger charge is 2.10. The summed E-state index contributed by atoms with van der Waals surface area (Å²) in [5.41, 5.74) is 6.59. The molecule has 0 saturated heterocycles. The van der Waals surface area contributed by atoms with Crippen molar-refractivity contribution in [1.29, 1.82) is 0 Å². The minimum Gasteiger partial charge on any atom is -0.496 e. The average molecular weight is 222 g/mol. The summed E-state index contributed by atoms with van der Waals surface area (Å²) >= 11 is 5.94. The summed E-state index contributed by atoms with van der Waals surface area (Å²) in [4.78, 5) is 0. The molecular weight excluding hydrogens is 209 g/mol. The fraction of sp³-hybridized carbons (Fsp3) is 0.333. The van der Waals surface area contributed by atoms with Gasteiger partial charge in [-0.15, -0.1) is 12.4 Å². The molecule has 0 heterocycles. The molecule has 13 heavy (non-hydrogen) atoms. The second-order valence-electron chi connectivity index (χ2n) is 2.64. The molecule has 1 aromatic carbocycles. The maximum atomic E-state index is 5.94. The van der Waals surface area contributed by atoms with Crippen molar-refractivity contribution in [2.75, 3.05) is 7.11 Å². The number of rotatable bonds is 2. The van der Waals surface area contributed by atoms with Crippen molar-refractivity contribution in [3.63, 3.8) is 0 Å². The van der Waals surface area contributed by atoms with E-state index in [9.17, 15) is 0 Å². The molecule has 0 fully saturated rings. The van der Waals surface area contributed by atoms with Crippen molar-refractivity contribution in [3.8, 4) is 5.75 Å². The van der Waals surface area contributed by atoms with Gasteiger partial charge in [0, 0.05) is 16.6 Å². The Morgan fingerprint density at radius 2 is 2.08 bits per heavy atom. The van der Waals surface area contributed by atoms with Crippen LogP contribution in [0.4, 0.5) is 0 Å². The Morgan fingerprint density at radius 3 is 2.46 bits per heavy atom. The molecule has 1 aromatic rings. The maximum Gasteiger partial charge on any atom is 0.125 e. The van der Waals surface area contributed by atoms with Crippen LogP contribution in [0.25, 0.3) is 0 Å². The van der Waals surface area contributed by atoms with Crippen LogP contribution in [0.15, 0.2) is 18.2 Å². The quantitative estimate of drug-likeness (QED) is 0.834. The van der Waals surface area contributed by atoms with E-state index in [4.69, 9.17) is 22.1 Å². The van der Waals surface area contributed by atoms with E-state index in [1.165, 1.54) is 0 Å². The average Bonchev–Trinajstić information content (AvgIpc) is 2.03. The molecule has 0 aromatic heterocycles. The molecule has 1 atom stereocenters. The molecule has 0 radical (unpaired) electrons. The third-order valence-corrected chi connectivity index (χ3v) is 2.02. The molecule has 0 bridgehead atoms. The summed E-state index contributed by atoms with van der Waals surface area (Å²) < 4.78 is 5.12. The van der Waals surface area contributed by atoms with Gasteiger partial charge >= 0.3 is 0 Å². The minimum atomic E-state index is -0.103. The second kappa shape index (κ2) is 5.32. The van der Waals surface area contributed by atoms with E-state index in [-0.39, 0.29) is 18.4 Å². The van der Waals surface area contributed by atoms with Gasteiger partial charge in [-0.3, -0.25) is 0 Å². The summed E-state index contributed by atoms with van der Waals surface area (Å²) in [6.07, 6.45) is 0. The monoisotopic (exact) mass is 221 g/mol. The second-order valence-corrected chi connectivity index (χ2v) is 3.05. The van der Waals surface area contributed by atoms with E-state index in [1.807, 2.05) is 25.1 Å². The SMILES string of the molecule is COc1cccc(Cl)c1C(C)N.Cl. The van der Waals surface area contributed by atoms with Gasteiger partial charge in [0.15, 0.2) is 0 Å². The summed E-state index contributed by atoms with van der Waals surface area (Å²) in [6, 6.07) is 5.40. The Bertz CT molecular complexity index is 276. The fourth-order valence-corrected chi connectivity index (χ4v) is 1.48. The van der Waals surface area contributed by atoms with E-state index in [2.05, 4.69) is 0 Å². The minimum absolute atomic E-state index is 0. The van der Waals surface area contributed by atoms with Crippen LogP contribution < -0.4 is 10.5 Å². The molecule has 0 aliphatic carbocycles. The summed E-state index contributed by atoms with van der Waals surface area (Å²) in [5, 5.41) is 0.657. The van der Waals surface area contributed by atoms with Crippen molar-refractivity contribution in [3.05, 3.63) is 28.8 Å². The number of hydrogen-bond donors (Lipinski definition) is 1. The molecule has 1 unspecified atom stereocenters. The van der Waals surface area contributed by atoms with E-state index in [1.54, 1.807) is 7.11 Å². The molecule has 0 spiro atoms. The molecule has 2 N–H and O–H groups in total. The van der Waals surface area contributed by atoms with Gasteiger partial charge in [-0.25, -0.2) is 0 Å². The number of benzene rings is 1. The molecule has 2 nitrogen and oxygen atoms in total. The van der Waals surface area contributed by atoms with E-state index in [0.29, 0.717) is 5.02 Å². The van der Waals surface area contributed by atoms with Crippen LogP contribution in [0.1, 0.15) is 18.5 Å². The maximum absolute atomic E-state index is 5.94. The van der Waals surface area contributed by atoms with Crippen LogP contribution in [0.5, 0.6) is 5.75 Å². The van der Waals surface area contributed by atoms with Crippen LogP contribution in [0, 0.1) is 0 Å². The molecule has 4 heteroatoms. The van der Waals surface area contributed by atoms with Crippen molar-refractivity contribution in [1.82, 2.24) is 0 Å². The van der Waals surface area contributed by atoms with Crippen LogP contribution in [-0.4, -0.2) is 7.11 Å². The van der Waals surface area contributed by atoms with E-state index < -0.39 is 0 Å². The topological polar surface area (TPSA) is 35.2 Å². The van der Waals surface area contributed by atoms with Crippen LogP contribution >= 0.6 is 24.0 Å². The normalized spacial score (nSPS) is 11.7. The van der Waals surface area contributed by atoms with E-state index in [0.717, 1.165) is 11.3 Å². The Kier molecular flexibility index (Phi) is 5.14. The largest absolute Gasteiger partial charge is 0.496 e. The first-order valence-electron chi connectivity index (χ1n) is 3.74. The molecule has 0 aliphatic rings. The number of halogens is 2. The number of nitrogens with two attached hydrogens (primary N) is 1. The predicted molar refractivity (Wildman–Crippen MR) is 57.9 cm³/mol. The molecule has 74 valence electrons. The van der Waals surface area contributed by atoms with Crippen LogP contribution in [-0.2, 0) is 0 Å². The molecule has 0 aliphatic heterocycles. The van der Waals surface area contributed by atoms with Gasteiger partial charge in [-0.1, -0.05) is 17.7 Å². The number of ether oxygens (including phenoxy) is 1. The lowest BCUT2D eigenvalue weighted by molar-refractivity contribution is 0.407. The smallest absolute Gasteiger partial charge is 0.125 e. The Labute approximate surface area is 89.4 Å². The Balaban J connectivity index is 0.00000144. The molecular formula is C9H13Cl2NO. The lowest BCUT2D eigenvalue weighted by atomic mass is 10.1. The highest BCUT2D eigenvalue weighted by molar-refractivity contribution is 6.31. The van der Waals surface area contributed by atoms with Gasteiger partial charge in [0.1, 0.15) is 5.75 Å². The van der Waals surface area contributed by atoms with Crippen molar-refractivity contribution >= 4 is 24.0 Å². The van der Waals surface area contributed by atoms with Gasteiger partial charge in [-0.2, -0.15) is 0 Å². The summed E-state index contributed by atoms with van der Waals surface area (Å²) in [6.45, 7) is 1.88. The first-order chi connectivity index (χ1) is 5.66. The Hall–Kier alpha value is -0.440. The zero-order valence-electron chi connectivity index (χ0n) is 7.58. The van der Waals surface area contributed by atoms with Gasteiger partial charge in [0.2, 0.25) is 0 Å². The Morgan fingerprint density at radius 1 is 1.46 bits per heavy atom. The van der Waals surface area contributed by atoms with Crippen molar-refractivity contribution < 1.29 is 4.74 Å². The lowest BCUT2D eigenvalue weighted by Crippen LogP contribution is -2.07. The van der Waals surface area contributed by atoms with Crippen LogP contribution in [0.2, 0.25) is 5.02 Å². The summed E-state index contributed by atoms with van der Waals surface area (Å²) in [5.74, 6) is 0.748. The predicted octanol–water partition coefficient (Wildman–Crippen LogP) is 2.79. The first kappa shape index (κ1) is 12.6. The molecule has 1 rings (SSSR count). The zero-order valence-corrected chi connectivity index (χ0v) is 9.15.